The lowest BCUT2D eigenvalue weighted by molar-refractivity contribution is -0.279. The minimum absolute atomic E-state index is 0.0791. The fourth-order valence-corrected chi connectivity index (χ4v) is 2.90. The summed E-state index contributed by atoms with van der Waals surface area (Å²) >= 11 is 0. The minimum Gasteiger partial charge on any atom is -0.463 e. The molecule has 1 N–H and O–H groups in total. The molecule has 31 heavy (non-hydrogen) atoms. The molecule has 0 spiro atoms. The molecule has 0 aromatic carbocycles. The summed E-state index contributed by atoms with van der Waals surface area (Å²) in [6.45, 7) is 5.58. The predicted octanol–water partition coefficient (Wildman–Crippen LogP) is -0.678. The van der Waals surface area contributed by atoms with Crippen molar-refractivity contribution in [3.8, 4) is 0 Å². The second kappa shape index (κ2) is 13.9. The van der Waals surface area contributed by atoms with Crippen LogP contribution in [0.3, 0.4) is 0 Å². The van der Waals surface area contributed by atoms with Gasteiger partial charge >= 0.3 is 17.9 Å². The van der Waals surface area contributed by atoms with E-state index in [0.29, 0.717) is 13.2 Å². The van der Waals surface area contributed by atoms with Crippen LogP contribution in [0.5, 0.6) is 0 Å². The Morgan fingerprint density at radius 2 is 1.45 bits per heavy atom. The van der Waals surface area contributed by atoms with Crippen molar-refractivity contribution in [2.24, 2.45) is 0 Å². The van der Waals surface area contributed by atoms with Gasteiger partial charge in [0.15, 0.2) is 18.5 Å². The van der Waals surface area contributed by atoms with Gasteiger partial charge in [-0.2, -0.15) is 0 Å². The van der Waals surface area contributed by atoms with Gasteiger partial charge in [0.1, 0.15) is 18.8 Å². The first-order valence-electron chi connectivity index (χ1n) is 9.74. The van der Waals surface area contributed by atoms with Crippen molar-refractivity contribution in [1.82, 2.24) is 5.32 Å². The molecule has 1 rings (SSSR count). The van der Waals surface area contributed by atoms with E-state index in [2.05, 4.69) is 5.32 Å². The number of esters is 3. The zero-order valence-electron chi connectivity index (χ0n) is 18.4. The summed E-state index contributed by atoms with van der Waals surface area (Å²) in [5.41, 5.74) is 0. The van der Waals surface area contributed by atoms with Crippen molar-refractivity contribution in [3.05, 3.63) is 0 Å². The Hall–Kier alpha value is -2.28. The van der Waals surface area contributed by atoms with Gasteiger partial charge in [0, 0.05) is 34.8 Å². The number of ether oxygens (including phenoxy) is 7. The van der Waals surface area contributed by atoms with Crippen LogP contribution in [0.2, 0.25) is 0 Å². The summed E-state index contributed by atoms with van der Waals surface area (Å²) in [4.78, 5) is 46.5. The van der Waals surface area contributed by atoms with Crippen LogP contribution in [0.25, 0.3) is 0 Å². The summed E-state index contributed by atoms with van der Waals surface area (Å²) in [6.07, 6.45) is -4.43. The van der Waals surface area contributed by atoms with Crippen molar-refractivity contribution >= 4 is 23.8 Å². The summed E-state index contributed by atoms with van der Waals surface area (Å²) in [5, 5.41) is 2.61. The smallest absolute Gasteiger partial charge is 0.303 e. The maximum absolute atomic E-state index is 11.8. The van der Waals surface area contributed by atoms with E-state index in [-0.39, 0.29) is 19.8 Å². The largest absolute Gasteiger partial charge is 0.463 e. The molecular formula is C19H31NO11. The topological polar surface area (TPSA) is 145 Å². The van der Waals surface area contributed by atoms with E-state index in [1.54, 1.807) is 7.11 Å². The van der Waals surface area contributed by atoms with Crippen LogP contribution in [0.1, 0.15) is 27.7 Å². The fourth-order valence-electron chi connectivity index (χ4n) is 2.90. The summed E-state index contributed by atoms with van der Waals surface area (Å²) in [6, 6.07) is -1.00. The van der Waals surface area contributed by atoms with Gasteiger partial charge in [-0.15, -0.1) is 0 Å². The van der Waals surface area contributed by atoms with Crippen molar-refractivity contribution < 1.29 is 52.3 Å². The Morgan fingerprint density at radius 1 is 0.839 bits per heavy atom. The Kier molecular flexibility index (Phi) is 12.0. The normalized spacial score (nSPS) is 25.4. The molecule has 0 aromatic rings. The second-order valence-electron chi connectivity index (χ2n) is 6.70. The highest BCUT2D eigenvalue weighted by molar-refractivity contribution is 5.73. The molecule has 12 nitrogen and oxygen atoms in total. The van der Waals surface area contributed by atoms with Crippen molar-refractivity contribution in [3.63, 3.8) is 0 Å². The van der Waals surface area contributed by atoms with Gasteiger partial charge in [0.2, 0.25) is 5.91 Å². The van der Waals surface area contributed by atoms with Gasteiger partial charge in [-0.05, 0) is 0 Å². The Bertz CT molecular complexity index is 612. The molecular weight excluding hydrogens is 418 g/mol. The first-order chi connectivity index (χ1) is 14.6. The molecule has 1 fully saturated rings. The highest BCUT2D eigenvalue weighted by Gasteiger charge is 2.51. The van der Waals surface area contributed by atoms with Crippen LogP contribution in [-0.4, -0.2) is 94.6 Å². The van der Waals surface area contributed by atoms with E-state index in [0.717, 1.165) is 0 Å². The molecule has 0 aliphatic carbocycles. The molecule has 0 saturated carbocycles. The molecule has 1 heterocycles. The number of methoxy groups -OCH3 is 1. The molecule has 178 valence electrons. The molecule has 1 aliphatic heterocycles. The third-order valence-corrected chi connectivity index (χ3v) is 4.01. The monoisotopic (exact) mass is 449 g/mol. The van der Waals surface area contributed by atoms with Crippen LogP contribution in [0.4, 0.5) is 0 Å². The molecule has 3 unspecified atom stereocenters. The second-order valence-corrected chi connectivity index (χ2v) is 6.70. The van der Waals surface area contributed by atoms with Gasteiger partial charge in [-0.1, -0.05) is 0 Å². The van der Waals surface area contributed by atoms with E-state index in [1.807, 2.05) is 0 Å². The number of hydrogen-bond acceptors (Lipinski definition) is 11. The lowest BCUT2D eigenvalue weighted by atomic mass is 9.96. The van der Waals surface area contributed by atoms with Crippen molar-refractivity contribution in [2.75, 3.05) is 40.1 Å². The first kappa shape index (κ1) is 26.8. The lowest BCUT2D eigenvalue weighted by Gasteiger charge is -2.44. The highest BCUT2D eigenvalue weighted by atomic mass is 16.7. The molecule has 0 aromatic heterocycles. The Labute approximate surface area is 180 Å². The quantitative estimate of drug-likeness (QED) is 0.230. The Balaban J connectivity index is 3.07. The number of amides is 1. The lowest BCUT2D eigenvalue weighted by Crippen LogP contribution is -2.66. The zero-order valence-corrected chi connectivity index (χ0v) is 18.4. The highest BCUT2D eigenvalue weighted by Crippen LogP contribution is 2.28. The van der Waals surface area contributed by atoms with Crippen LogP contribution < -0.4 is 5.32 Å². The average Bonchev–Trinajstić information content (AvgIpc) is 2.66. The summed E-state index contributed by atoms with van der Waals surface area (Å²) in [7, 11) is 1.55. The van der Waals surface area contributed by atoms with Crippen molar-refractivity contribution in [2.45, 2.75) is 58.3 Å². The van der Waals surface area contributed by atoms with E-state index in [1.165, 1.54) is 27.7 Å². The molecule has 5 atom stereocenters. The minimum atomic E-state index is -1.16. The molecule has 0 radical (unpaired) electrons. The molecule has 0 bridgehead atoms. The van der Waals surface area contributed by atoms with E-state index < -0.39 is 54.5 Å². The van der Waals surface area contributed by atoms with Crippen LogP contribution in [-0.2, 0) is 52.3 Å². The SMILES string of the molecule is COCCOCCO[C@@H]1OC(COC(C)=O)[C@H](OC(C)=O)C(OC(C)=O)C1NC(C)=O. The average molecular weight is 449 g/mol. The number of carbonyl (C=O) groups excluding carboxylic acids is 4. The maximum Gasteiger partial charge on any atom is 0.303 e. The number of carbonyl (C=O) groups is 4. The van der Waals surface area contributed by atoms with Gasteiger partial charge < -0.3 is 38.5 Å². The van der Waals surface area contributed by atoms with E-state index >= 15 is 0 Å². The van der Waals surface area contributed by atoms with Crippen LogP contribution in [0, 0.1) is 0 Å². The maximum atomic E-state index is 11.8. The third-order valence-electron chi connectivity index (χ3n) is 4.01. The van der Waals surface area contributed by atoms with E-state index in [4.69, 9.17) is 33.2 Å². The third kappa shape index (κ3) is 10.0. The van der Waals surface area contributed by atoms with Gasteiger partial charge in [-0.25, -0.2) is 0 Å². The Morgan fingerprint density at radius 3 is 2.00 bits per heavy atom. The standard InChI is InChI=1S/C19H31NO11/c1-11(21)20-16-18(30-14(4)24)17(29-13(3)23)15(10-28-12(2)22)31-19(16)27-9-8-26-7-6-25-5/h15-19H,6-10H2,1-5H3,(H,20,21)/t15?,16?,17-,18?,19+/m0/s1. The van der Waals surface area contributed by atoms with Crippen LogP contribution >= 0.6 is 0 Å². The molecule has 1 saturated heterocycles. The van der Waals surface area contributed by atoms with Crippen LogP contribution in [0.15, 0.2) is 0 Å². The zero-order chi connectivity index (χ0) is 23.4. The van der Waals surface area contributed by atoms with Crippen molar-refractivity contribution in [1.29, 1.82) is 0 Å². The first-order valence-corrected chi connectivity index (χ1v) is 9.74. The number of rotatable bonds is 12. The number of nitrogens with one attached hydrogen (secondary N) is 1. The van der Waals surface area contributed by atoms with Gasteiger partial charge in [0.05, 0.1) is 26.4 Å². The molecule has 1 aliphatic rings. The summed E-state index contributed by atoms with van der Waals surface area (Å²) in [5.74, 6) is -2.38. The molecule has 1 amide bonds. The van der Waals surface area contributed by atoms with Gasteiger partial charge in [-0.3, -0.25) is 19.2 Å². The predicted molar refractivity (Wildman–Crippen MR) is 103 cm³/mol. The van der Waals surface area contributed by atoms with Gasteiger partial charge in [0.25, 0.3) is 0 Å². The van der Waals surface area contributed by atoms with E-state index in [9.17, 15) is 19.2 Å². The molecule has 12 heteroatoms. The number of hydrogen-bond donors (Lipinski definition) is 1. The fraction of sp³-hybridized carbons (Fsp3) is 0.789. The summed E-state index contributed by atoms with van der Waals surface area (Å²) < 4.78 is 37.4.